The van der Waals surface area contributed by atoms with Crippen molar-refractivity contribution in [2.24, 2.45) is 0 Å². The molecule has 0 bridgehead atoms. The summed E-state index contributed by atoms with van der Waals surface area (Å²) < 4.78 is 0. The third-order valence-corrected chi connectivity index (χ3v) is 6.53. The highest BCUT2D eigenvalue weighted by atomic mass is 35.5. The lowest BCUT2D eigenvalue weighted by Gasteiger charge is -2.48. The van der Waals surface area contributed by atoms with Crippen molar-refractivity contribution in [1.29, 1.82) is 0 Å². The van der Waals surface area contributed by atoms with Crippen LogP contribution in [0, 0.1) is 0 Å². The number of halogens is 1. The molecule has 31 heavy (non-hydrogen) atoms. The Morgan fingerprint density at radius 2 is 1.84 bits per heavy atom. The largest absolute Gasteiger partial charge is 0.341 e. The molecule has 7 heteroatoms. The zero-order chi connectivity index (χ0) is 22.2. The quantitative estimate of drug-likeness (QED) is 0.681. The molecule has 0 saturated carbocycles. The molecule has 0 spiro atoms. The number of hydrogen-bond donors (Lipinski definition) is 0. The first-order valence-corrected chi connectivity index (χ1v) is 10.9. The molecule has 2 aromatic rings. The molecule has 2 aliphatic heterocycles. The van der Waals surface area contributed by atoms with E-state index in [-0.39, 0.29) is 17.7 Å². The summed E-state index contributed by atoms with van der Waals surface area (Å²) in [5, 5.41) is 0.665. The minimum Gasteiger partial charge on any atom is -0.341 e. The average molecular weight is 440 g/mol. The van der Waals surface area contributed by atoms with Gasteiger partial charge in [0.1, 0.15) is 5.66 Å². The van der Waals surface area contributed by atoms with Crippen LogP contribution in [0.15, 0.2) is 48.5 Å². The van der Waals surface area contributed by atoms with Gasteiger partial charge in [-0.05, 0) is 49.6 Å². The summed E-state index contributed by atoms with van der Waals surface area (Å²) >= 11 is 5.92. The number of fused-ring (bicyclic) bond motifs is 3. The molecule has 4 rings (SSSR count). The van der Waals surface area contributed by atoms with Crippen LogP contribution in [-0.4, -0.2) is 46.8 Å². The van der Waals surface area contributed by atoms with Gasteiger partial charge in [0, 0.05) is 38.0 Å². The maximum absolute atomic E-state index is 13.2. The van der Waals surface area contributed by atoms with Gasteiger partial charge in [-0.2, -0.15) is 0 Å². The Hall–Kier alpha value is -2.86. The predicted octanol–water partition coefficient (Wildman–Crippen LogP) is 4.08. The molecule has 1 fully saturated rings. The number of anilines is 1. The SMILES string of the molecule is CN(Cc1ccc(Cl)cc1)C(=O)CCCN1C(=O)c2ccccc2N2C(=O)CCC12C. The Bertz CT molecular complexity index is 1020. The Balaban J connectivity index is 1.42. The van der Waals surface area contributed by atoms with Crippen LogP contribution >= 0.6 is 11.6 Å². The Labute approximate surface area is 187 Å². The van der Waals surface area contributed by atoms with Gasteiger partial charge < -0.3 is 9.80 Å². The van der Waals surface area contributed by atoms with Gasteiger partial charge in [0.15, 0.2) is 0 Å². The van der Waals surface area contributed by atoms with Gasteiger partial charge in [0.25, 0.3) is 5.91 Å². The second-order valence-electron chi connectivity index (χ2n) is 8.40. The number of hydrogen-bond acceptors (Lipinski definition) is 3. The Morgan fingerprint density at radius 1 is 1.13 bits per heavy atom. The fourth-order valence-corrected chi connectivity index (χ4v) is 4.70. The molecule has 2 aliphatic rings. The summed E-state index contributed by atoms with van der Waals surface area (Å²) in [6.07, 6.45) is 1.88. The van der Waals surface area contributed by atoms with Gasteiger partial charge >= 0.3 is 0 Å². The number of para-hydroxylation sites is 1. The number of benzene rings is 2. The van der Waals surface area contributed by atoms with Crippen molar-refractivity contribution in [2.75, 3.05) is 18.5 Å². The number of amides is 3. The highest BCUT2D eigenvalue weighted by molar-refractivity contribution is 6.30. The van der Waals surface area contributed by atoms with Crippen molar-refractivity contribution in [3.8, 4) is 0 Å². The van der Waals surface area contributed by atoms with Gasteiger partial charge in [0.2, 0.25) is 11.8 Å². The van der Waals surface area contributed by atoms with E-state index in [1.54, 1.807) is 27.8 Å². The van der Waals surface area contributed by atoms with Crippen LogP contribution in [0.1, 0.15) is 48.5 Å². The Kier molecular flexibility index (Phi) is 5.75. The van der Waals surface area contributed by atoms with Gasteiger partial charge in [-0.3, -0.25) is 19.3 Å². The van der Waals surface area contributed by atoms with Crippen molar-refractivity contribution in [3.05, 3.63) is 64.7 Å². The molecular weight excluding hydrogens is 414 g/mol. The first-order valence-electron chi connectivity index (χ1n) is 10.5. The zero-order valence-corrected chi connectivity index (χ0v) is 18.6. The number of carbonyl (C=O) groups excluding carboxylic acids is 3. The first-order chi connectivity index (χ1) is 14.8. The minimum absolute atomic E-state index is 0.0179. The molecule has 162 valence electrons. The average Bonchev–Trinajstić information content (AvgIpc) is 3.07. The summed E-state index contributed by atoms with van der Waals surface area (Å²) in [4.78, 5) is 43.7. The summed E-state index contributed by atoms with van der Waals surface area (Å²) in [6, 6.07) is 14.7. The maximum Gasteiger partial charge on any atom is 0.257 e. The van der Waals surface area contributed by atoms with Gasteiger partial charge in [0.05, 0.1) is 11.3 Å². The van der Waals surface area contributed by atoms with E-state index in [9.17, 15) is 14.4 Å². The normalized spacial score (nSPS) is 20.0. The van der Waals surface area contributed by atoms with Crippen LogP contribution in [0.4, 0.5) is 5.69 Å². The van der Waals surface area contributed by atoms with Crippen LogP contribution in [0.25, 0.3) is 0 Å². The van der Waals surface area contributed by atoms with Crippen LogP contribution in [-0.2, 0) is 16.1 Å². The van der Waals surface area contributed by atoms with Gasteiger partial charge in [-0.1, -0.05) is 35.9 Å². The lowest BCUT2D eigenvalue weighted by Crippen LogP contribution is -2.62. The third-order valence-electron chi connectivity index (χ3n) is 6.28. The van der Waals surface area contributed by atoms with E-state index in [1.165, 1.54) is 0 Å². The van der Waals surface area contributed by atoms with E-state index in [0.29, 0.717) is 55.0 Å². The van der Waals surface area contributed by atoms with E-state index in [1.807, 2.05) is 49.4 Å². The minimum atomic E-state index is -0.680. The molecule has 2 aromatic carbocycles. The van der Waals surface area contributed by atoms with Crippen molar-refractivity contribution in [2.45, 2.75) is 44.8 Å². The van der Waals surface area contributed by atoms with E-state index in [0.717, 1.165) is 5.56 Å². The number of carbonyl (C=O) groups is 3. The van der Waals surface area contributed by atoms with Crippen molar-refractivity contribution in [3.63, 3.8) is 0 Å². The molecule has 6 nitrogen and oxygen atoms in total. The van der Waals surface area contributed by atoms with Crippen LogP contribution < -0.4 is 4.90 Å². The number of nitrogens with zero attached hydrogens (tertiary/aromatic N) is 3. The smallest absolute Gasteiger partial charge is 0.257 e. The molecule has 2 heterocycles. The molecule has 0 N–H and O–H groups in total. The second-order valence-corrected chi connectivity index (χ2v) is 8.84. The van der Waals surface area contributed by atoms with E-state index in [2.05, 4.69) is 0 Å². The van der Waals surface area contributed by atoms with E-state index in [4.69, 9.17) is 11.6 Å². The summed E-state index contributed by atoms with van der Waals surface area (Å²) in [7, 11) is 1.78. The monoisotopic (exact) mass is 439 g/mol. The molecule has 0 aliphatic carbocycles. The number of rotatable bonds is 6. The van der Waals surface area contributed by atoms with Crippen molar-refractivity contribution >= 4 is 35.0 Å². The second kappa shape index (κ2) is 8.35. The molecular formula is C24H26ClN3O3. The molecule has 0 radical (unpaired) electrons. The zero-order valence-electron chi connectivity index (χ0n) is 17.8. The van der Waals surface area contributed by atoms with Crippen LogP contribution in [0.2, 0.25) is 5.02 Å². The maximum atomic E-state index is 13.2. The Morgan fingerprint density at radius 3 is 2.58 bits per heavy atom. The predicted molar refractivity (Wildman–Crippen MR) is 120 cm³/mol. The molecule has 1 atom stereocenters. The molecule has 0 aromatic heterocycles. The molecule has 1 unspecified atom stereocenters. The molecule has 3 amide bonds. The van der Waals surface area contributed by atoms with Gasteiger partial charge in [-0.15, -0.1) is 0 Å². The highest BCUT2D eigenvalue weighted by Gasteiger charge is 2.52. The van der Waals surface area contributed by atoms with Crippen LogP contribution in [0.3, 0.4) is 0 Å². The fourth-order valence-electron chi connectivity index (χ4n) is 4.57. The topological polar surface area (TPSA) is 60.9 Å². The van der Waals surface area contributed by atoms with E-state index < -0.39 is 5.66 Å². The fraction of sp³-hybridized carbons (Fsp3) is 0.375. The highest BCUT2D eigenvalue weighted by Crippen LogP contribution is 2.44. The summed E-state index contributed by atoms with van der Waals surface area (Å²) in [6.45, 7) is 2.88. The summed E-state index contributed by atoms with van der Waals surface area (Å²) in [5.74, 6) is -0.0263. The van der Waals surface area contributed by atoms with Crippen LogP contribution in [0.5, 0.6) is 0 Å². The van der Waals surface area contributed by atoms with Crippen molar-refractivity contribution in [1.82, 2.24) is 9.80 Å². The summed E-state index contributed by atoms with van der Waals surface area (Å²) in [5.41, 5.74) is 1.56. The molecule has 1 saturated heterocycles. The first kappa shape index (κ1) is 21.4. The third kappa shape index (κ3) is 3.92. The lowest BCUT2D eigenvalue weighted by atomic mass is 9.98. The standard InChI is InChI=1S/C24H26ClN3O3/c1-24-14-13-22(30)28(24)20-7-4-3-6-19(20)23(31)27(24)15-5-8-21(29)26(2)16-17-9-11-18(25)12-10-17/h3-4,6-7,9-12H,5,8,13-16H2,1-2H3. The lowest BCUT2D eigenvalue weighted by molar-refractivity contribution is -0.130. The van der Waals surface area contributed by atoms with Gasteiger partial charge in [-0.25, -0.2) is 0 Å². The van der Waals surface area contributed by atoms with Crippen molar-refractivity contribution < 1.29 is 14.4 Å². The van der Waals surface area contributed by atoms with E-state index >= 15 is 0 Å².